The topological polar surface area (TPSA) is 79.2 Å². The van der Waals surface area contributed by atoms with Crippen molar-refractivity contribution in [2.24, 2.45) is 0 Å². The van der Waals surface area contributed by atoms with Crippen LogP contribution in [0, 0.1) is 0 Å². The van der Waals surface area contributed by atoms with E-state index in [-0.39, 0.29) is 17.8 Å². The van der Waals surface area contributed by atoms with Crippen LogP contribution in [0.3, 0.4) is 0 Å². The molecule has 6 rings (SSSR count). The zero-order chi connectivity index (χ0) is 32.9. The number of methoxy groups -OCH3 is 2. The molecule has 0 unspecified atom stereocenters. The van der Waals surface area contributed by atoms with Crippen molar-refractivity contribution in [3.8, 4) is 27.7 Å². The molecule has 2 aromatic heterocycles. The van der Waals surface area contributed by atoms with Gasteiger partial charge in [0.2, 0.25) is 5.43 Å². The van der Waals surface area contributed by atoms with E-state index < -0.39 is 6.16 Å². The lowest BCUT2D eigenvalue weighted by atomic mass is 10.0. The Balaban J connectivity index is 1.50. The Kier molecular flexibility index (Phi) is 9.56. The molecule has 0 bridgehead atoms. The van der Waals surface area contributed by atoms with Crippen LogP contribution in [-0.4, -0.2) is 43.5 Å². The normalized spacial score (nSPS) is 11.3. The highest BCUT2D eigenvalue weighted by Gasteiger charge is 2.24. The van der Waals surface area contributed by atoms with Crippen LogP contribution in [0.5, 0.6) is 17.2 Å². The number of aromatic nitrogens is 1. The van der Waals surface area contributed by atoms with Gasteiger partial charge in [-0.3, -0.25) is 9.69 Å². The van der Waals surface area contributed by atoms with Gasteiger partial charge in [-0.15, -0.1) is 11.3 Å². The van der Waals surface area contributed by atoms with Crippen molar-refractivity contribution in [3.05, 3.63) is 124 Å². The molecule has 0 aliphatic heterocycles. The maximum absolute atomic E-state index is 14.2. The second kappa shape index (κ2) is 14.1. The smallest absolute Gasteiger partial charge is 0.497 e. The molecule has 0 fully saturated rings. The zero-order valence-electron chi connectivity index (χ0n) is 26.8. The number of hydrogen-bond acceptors (Lipinski definition) is 8. The highest BCUT2D eigenvalue weighted by atomic mass is 32.1. The summed E-state index contributed by atoms with van der Waals surface area (Å²) < 4.78 is 23.6. The van der Waals surface area contributed by atoms with Crippen LogP contribution in [0.4, 0.5) is 4.79 Å². The Bertz CT molecular complexity index is 2100. The molecule has 0 aliphatic carbocycles. The van der Waals surface area contributed by atoms with Crippen LogP contribution >= 0.6 is 11.3 Å². The predicted octanol–water partition coefficient (Wildman–Crippen LogP) is 8.12. The Morgan fingerprint density at radius 2 is 1.60 bits per heavy atom. The van der Waals surface area contributed by atoms with Gasteiger partial charge in [0.15, 0.2) is 5.75 Å². The van der Waals surface area contributed by atoms with Crippen molar-refractivity contribution >= 4 is 38.5 Å². The number of rotatable bonds is 11. The third-order valence-corrected chi connectivity index (χ3v) is 9.33. The first-order valence-electron chi connectivity index (χ1n) is 15.3. The number of carbonyl (C=O) groups excluding carboxylic acids is 1. The minimum absolute atomic E-state index is 0.0941. The molecule has 240 valence electrons. The molecule has 0 amide bonds. The van der Waals surface area contributed by atoms with E-state index >= 15 is 0 Å². The van der Waals surface area contributed by atoms with Crippen LogP contribution in [0.2, 0.25) is 0 Å². The summed E-state index contributed by atoms with van der Waals surface area (Å²) in [5.74, 6) is 1.36. The van der Waals surface area contributed by atoms with Gasteiger partial charge in [-0.1, -0.05) is 54.6 Å². The molecule has 0 spiro atoms. The Morgan fingerprint density at radius 3 is 2.34 bits per heavy atom. The quantitative estimate of drug-likeness (QED) is 0.131. The first-order chi connectivity index (χ1) is 22.9. The lowest BCUT2D eigenvalue weighted by molar-refractivity contribution is 0.104. The Morgan fingerprint density at radius 1 is 0.851 bits per heavy atom. The van der Waals surface area contributed by atoms with E-state index in [9.17, 15) is 9.59 Å². The summed E-state index contributed by atoms with van der Waals surface area (Å²) in [6, 6.07) is 30.3. The molecular formula is C38H36N2O6S. The van der Waals surface area contributed by atoms with Gasteiger partial charge in [-0.25, -0.2) is 4.79 Å². The molecule has 0 aliphatic rings. The molecule has 0 atom stereocenters. The molecule has 8 nitrogen and oxygen atoms in total. The monoisotopic (exact) mass is 648 g/mol. The van der Waals surface area contributed by atoms with Crippen molar-refractivity contribution in [1.29, 1.82) is 0 Å². The second-order valence-electron chi connectivity index (χ2n) is 11.2. The van der Waals surface area contributed by atoms with Crippen molar-refractivity contribution in [1.82, 2.24) is 9.47 Å². The van der Waals surface area contributed by atoms with Gasteiger partial charge in [0.25, 0.3) is 0 Å². The predicted molar refractivity (Wildman–Crippen MR) is 187 cm³/mol. The van der Waals surface area contributed by atoms with E-state index in [0.717, 1.165) is 43.5 Å². The van der Waals surface area contributed by atoms with Crippen molar-refractivity contribution < 1.29 is 23.7 Å². The SMILES string of the molecule is CCOC(=O)Oc1cn(Cc2ccccc2OC)c2sc(-c3ccc(OC)cc3)c(CN(C)Cc3ccc4ccccc4c3)c2c1=O. The van der Waals surface area contributed by atoms with Crippen LogP contribution in [0.15, 0.2) is 102 Å². The van der Waals surface area contributed by atoms with E-state index in [4.69, 9.17) is 18.9 Å². The zero-order valence-corrected chi connectivity index (χ0v) is 27.6. The number of thiophene rings is 1. The van der Waals surface area contributed by atoms with Gasteiger partial charge in [0.05, 0.1) is 39.0 Å². The van der Waals surface area contributed by atoms with Gasteiger partial charge >= 0.3 is 6.16 Å². The summed E-state index contributed by atoms with van der Waals surface area (Å²) in [5.41, 5.74) is 3.52. The highest BCUT2D eigenvalue weighted by Crippen LogP contribution is 2.40. The molecule has 0 N–H and O–H groups in total. The molecule has 0 saturated carbocycles. The number of hydrogen-bond donors (Lipinski definition) is 0. The fraction of sp³-hybridized carbons (Fsp3) is 0.211. The summed E-state index contributed by atoms with van der Waals surface area (Å²) in [4.78, 5) is 30.6. The molecular weight excluding hydrogens is 612 g/mol. The number of fused-ring (bicyclic) bond motifs is 2. The maximum Gasteiger partial charge on any atom is 0.514 e. The Labute approximate surface area is 277 Å². The van der Waals surface area contributed by atoms with Crippen LogP contribution in [0.1, 0.15) is 23.6 Å². The first-order valence-corrected chi connectivity index (χ1v) is 16.2. The van der Waals surface area contributed by atoms with Gasteiger partial charge < -0.3 is 23.5 Å². The van der Waals surface area contributed by atoms with E-state index in [0.29, 0.717) is 25.0 Å². The number of nitrogens with zero attached hydrogens (tertiary/aromatic N) is 2. The van der Waals surface area contributed by atoms with E-state index in [1.165, 1.54) is 22.1 Å². The first kappa shape index (κ1) is 31.8. The lowest BCUT2D eigenvalue weighted by Gasteiger charge is -2.18. The standard InChI is InChI=1S/C38H36N2O6S/c1-5-45-38(42)46-33-24-40(22-29-12-8-9-13-32(29)44-4)37-34(35(33)41)31(36(47-37)27-16-18-30(43-3)19-17-27)23-39(2)21-25-14-15-26-10-6-7-11-28(26)20-25/h6-20,24H,5,21-23H2,1-4H3. The summed E-state index contributed by atoms with van der Waals surface area (Å²) in [6.45, 7) is 3.34. The van der Waals surface area contributed by atoms with Crippen LogP contribution in [0.25, 0.3) is 31.4 Å². The fourth-order valence-corrected chi connectivity index (χ4v) is 7.11. The Hall–Kier alpha value is -5.12. The maximum atomic E-state index is 14.2. The van der Waals surface area contributed by atoms with Gasteiger partial charge in [-0.05, 0) is 77.8 Å². The second-order valence-corrected chi connectivity index (χ2v) is 12.2. The van der Waals surface area contributed by atoms with Gasteiger partial charge in [0, 0.05) is 23.5 Å². The fourth-order valence-electron chi connectivity index (χ4n) is 5.82. The average molecular weight is 649 g/mol. The summed E-state index contributed by atoms with van der Waals surface area (Å²) in [7, 11) is 5.31. The molecule has 4 aromatic carbocycles. The average Bonchev–Trinajstić information content (AvgIpc) is 3.46. The van der Waals surface area contributed by atoms with E-state index in [1.54, 1.807) is 27.3 Å². The molecule has 47 heavy (non-hydrogen) atoms. The number of pyridine rings is 1. The minimum Gasteiger partial charge on any atom is -0.497 e. The summed E-state index contributed by atoms with van der Waals surface area (Å²) in [6.07, 6.45) is 0.665. The van der Waals surface area contributed by atoms with Crippen molar-refractivity contribution in [2.75, 3.05) is 27.9 Å². The minimum atomic E-state index is -0.923. The van der Waals surface area contributed by atoms with Crippen LogP contribution in [-0.2, 0) is 24.4 Å². The summed E-state index contributed by atoms with van der Waals surface area (Å²) >= 11 is 1.53. The molecule has 0 radical (unpaired) electrons. The van der Waals surface area contributed by atoms with E-state index in [2.05, 4.69) is 35.2 Å². The number of para-hydroxylation sites is 1. The number of benzene rings is 4. The largest absolute Gasteiger partial charge is 0.514 e. The number of carbonyl (C=O) groups is 1. The summed E-state index contributed by atoms with van der Waals surface area (Å²) in [5, 5.41) is 2.87. The third kappa shape index (κ3) is 6.86. The van der Waals surface area contributed by atoms with E-state index in [1.807, 2.05) is 72.3 Å². The molecule has 0 saturated heterocycles. The van der Waals surface area contributed by atoms with Crippen molar-refractivity contribution in [3.63, 3.8) is 0 Å². The number of ether oxygens (including phenoxy) is 4. The third-order valence-electron chi connectivity index (χ3n) is 8.01. The highest BCUT2D eigenvalue weighted by molar-refractivity contribution is 7.22. The molecule has 9 heteroatoms. The lowest BCUT2D eigenvalue weighted by Crippen LogP contribution is -2.21. The van der Waals surface area contributed by atoms with Gasteiger partial charge in [-0.2, -0.15) is 0 Å². The molecule has 2 heterocycles. The molecule has 6 aromatic rings. The van der Waals surface area contributed by atoms with Crippen LogP contribution < -0.4 is 19.6 Å². The van der Waals surface area contributed by atoms with Gasteiger partial charge in [0.1, 0.15) is 16.3 Å². The van der Waals surface area contributed by atoms with Crippen molar-refractivity contribution in [2.45, 2.75) is 26.6 Å².